The molecule has 2 aromatic carbocycles. The molecule has 28 heavy (non-hydrogen) atoms. The molecule has 140 valence electrons. The molecular formula is C23H20FN3O. The number of hydrogen-bond donors (Lipinski definition) is 1. The largest absolute Gasteiger partial charge is 0.364 e. The molecular weight excluding hydrogens is 353 g/mol. The molecule has 2 aliphatic rings. The second-order valence-corrected chi connectivity index (χ2v) is 7.61. The highest BCUT2D eigenvalue weighted by Gasteiger charge is 2.40. The molecule has 1 aromatic heterocycles. The maximum Gasteiger partial charge on any atom is 0.269 e. The summed E-state index contributed by atoms with van der Waals surface area (Å²) in [7, 11) is 0. The second-order valence-electron chi connectivity index (χ2n) is 7.61. The minimum atomic E-state index is -0.530. The van der Waals surface area contributed by atoms with Crippen molar-refractivity contribution in [2.24, 2.45) is 5.73 Å². The maximum absolute atomic E-state index is 14.1. The second kappa shape index (κ2) is 6.16. The van der Waals surface area contributed by atoms with Crippen LogP contribution < -0.4 is 5.73 Å². The van der Waals surface area contributed by atoms with Crippen LogP contribution in [0.4, 0.5) is 4.39 Å². The first-order chi connectivity index (χ1) is 13.6. The Labute approximate surface area is 162 Å². The van der Waals surface area contributed by atoms with Gasteiger partial charge in [-0.2, -0.15) is 5.10 Å². The van der Waals surface area contributed by atoms with Crippen molar-refractivity contribution in [1.82, 2.24) is 9.78 Å². The van der Waals surface area contributed by atoms with Crippen molar-refractivity contribution in [2.45, 2.75) is 30.7 Å². The molecule has 0 saturated heterocycles. The molecule has 4 nitrogen and oxygen atoms in total. The number of carbonyl (C=O) groups excluding carboxylic acids is 1. The van der Waals surface area contributed by atoms with E-state index in [4.69, 9.17) is 5.73 Å². The Morgan fingerprint density at radius 3 is 2.54 bits per heavy atom. The molecule has 0 aliphatic heterocycles. The fraction of sp³-hybridized carbons (Fsp3) is 0.217. The van der Waals surface area contributed by atoms with Crippen molar-refractivity contribution in [2.75, 3.05) is 0 Å². The monoisotopic (exact) mass is 373 g/mol. The number of allylic oxidation sites excluding steroid dienone is 1. The number of amides is 1. The number of nitrogens with zero attached hydrogens (tertiary/aromatic N) is 2. The van der Waals surface area contributed by atoms with Crippen LogP contribution in [0.25, 0.3) is 6.08 Å². The van der Waals surface area contributed by atoms with Crippen LogP contribution in [0, 0.1) is 5.82 Å². The zero-order valence-corrected chi connectivity index (χ0v) is 15.3. The molecule has 0 radical (unpaired) electrons. The fourth-order valence-corrected chi connectivity index (χ4v) is 4.25. The van der Waals surface area contributed by atoms with Gasteiger partial charge in [-0.15, -0.1) is 0 Å². The highest BCUT2D eigenvalue weighted by Crippen LogP contribution is 2.45. The number of halogens is 1. The van der Waals surface area contributed by atoms with Crippen LogP contribution in [0.5, 0.6) is 0 Å². The molecule has 1 atom stereocenters. The van der Waals surface area contributed by atoms with Crippen LogP contribution in [-0.4, -0.2) is 15.7 Å². The van der Waals surface area contributed by atoms with Crippen molar-refractivity contribution in [3.05, 3.63) is 94.6 Å². The third kappa shape index (κ3) is 2.58. The van der Waals surface area contributed by atoms with Gasteiger partial charge in [0.05, 0.1) is 6.04 Å². The van der Waals surface area contributed by atoms with Gasteiger partial charge in [0.1, 0.15) is 5.82 Å². The van der Waals surface area contributed by atoms with Gasteiger partial charge in [0.2, 0.25) is 0 Å². The van der Waals surface area contributed by atoms with Gasteiger partial charge in [-0.05, 0) is 36.1 Å². The summed E-state index contributed by atoms with van der Waals surface area (Å²) in [6.07, 6.45) is 6.69. The van der Waals surface area contributed by atoms with Gasteiger partial charge in [0, 0.05) is 23.1 Å². The Balaban J connectivity index is 1.73. The summed E-state index contributed by atoms with van der Waals surface area (Å²) >= 11 is 0. The predicted molar refractivity (Wildman–Crippen MR) is 105 cm³/mol. The van der Waals surface area contributed by atoms with Crippen LogP contribution in [0.2, 0.25) is 0 Å². The Morgan fingerprint density at radius 2 is 1.86 bits per heavy atom. The molecule has 1 amide bonds. The number of fused-ring (bicyclic) bond motifs is 1. The zero-order chi connectivity index (χ0) is 19.3. The molecule has 2 N–H and O–H groups in total. The predicted octanol–water partition coefficient (Wildman–Crippen LogP) is 4.01. The van der Waals surface area contributed by atoms with Crippen molar-refractivity contribution < 1.29 is 9.18 Å². The highest BCUT2D eigenvalue weighted by molar-refractivity contribution is 5.95. The van der Waals surface area contributed by atoms with Gasteiger partial charge < -0.3 is 5.73 Å². The minimum absolute atomic E-state index is 0.263. The van der Waals surface area contributed by atoms with Gasteiger partial charge in [-0.3, -0.25) is 9.48 Å². The van der Waals surface area contributed by atoms with E-state index in [1.54, 1.807) is 12.1 Å². The molecule has 1 unspecified atom stereocenters. The van der Waals surface area contributed by atoms with E-state index < -0.39 is 11.3 Å². The van der Waals surface area contributed by atoms with E-state index in [9.17, 15) is 9.18 Å². The average Bonchev–Trinajstić information content (AvgIpc) is 3.48. The van der Waals surface area contributed by atoms with Gasteiger partial charge in [-0.25, -0.2) is 4.39 Å². The lowest BCUT2D eigenvalue weighted by Gasteiger charge is -2.35. The molecule has 1 saturated carbocycles. The van der Waals surface area contributed by atoms with Gasteiger partial charge in [0.15, 0.2) is 5.69 Å². The third-order valence-corrected chi connectivity index (χ3v) is 5.79. The quantitative estimate of drug-likeness (QED) is 0.751. The van der Waals surface area contributed by atoms with E-state index in [0.29, 0.717) is 18.2 Å². The van der Waals surface area contributed by atoms with Gasteiger partial charge in [-0.1, -0.05) is 54.6 Å². The summed E-state index contributed by atoms with van der Waals surface area (Å²) in [6.45, 7) is 0. The molecule has 0 bridgehead atoms. The third-order valence-electron chi connectivity index (χ3n) is 5.79. The van der Waals surface area contributed by atoms with Crippen LogP contribution in [-0.2, 0) is 11.8 Å². The summed E-state index contributed by atoms with van der Waals surface area (Å²) in [5.41, 5.74) is 9.11. The number of rotatable bonds is 4. The van der Waals surface area contributed by atoms with Crippen LogP contribution in [0.15, 0.2) is 60.7 Å². The first kappa shape index (κ1) is 16.9. The molecule has 5 rings (SSSR count). The molecule has 5 heteroatoms. The van der Waals surface area contributed by atoms with E-state index in [2.05, 4.69) is 23.3 Å². The van der Waals surface area contributed by atoms with Gasteiger partial charge in [0.25, 0.3) is 5.91 Å². The molecule has 2 aliphatic carbocycles. The maximum atomic E-state index is 14.1. The summed E-state index contributed by atoms with van der Waals surface area (Å²) in [5.74, 6) is -0.779. The summed E-state index contributed by atoms with van der Waals surface area (Å²) in [6, 6.07) is 17.1. The molecule has 1 heterocycles. The fourth-order valence-electron chi connectivity index (χ4n) is 4.25. The Kier molecular flexibility index (Phi) is 3.72. The van der Waals surface area contributed by atoms with E-state index in [-0.39, 0.29) is 5.82 Å². The average molecular weight is 373 g/mol. The van der Waals surface area contributed by atoms with Gasteiger partial charge >= 0.3 is 0 Å². The van der Waals surface area contributed by atoms with Crippen LogP contribution in [0.3, 0.4) is 0 Å². The Morgan fingerprint density at radius 1 is 1.11 bits per heavy atom. The number of benzene rings is 2. The number of carbonyl (C=O) groups is 1. The normalized spacial score (nSPS) is 20.8. The van der Waals surface area contributed by atoms with Crippen molar-refractivity contribution in [1.29, 1.82) is 0 Å². The standard InChI is InChI=1S/C23H20FN3O/c24-17-8-4-7-16(13-17)23(15-5-2-1-3-6-15)12-11-19-20(14-23)27(18-9-10-18)26-21(19)22(25)28/h1-8,11-13,18H,9-10,14H2,(H2,25,28). The van der Waals surface area contributed by atoms with Crippen LogP contribution in [0.1, 0.15) is 51.8 Å². The number of hydrogen-bond acceptors (Lipinski definition) is 2. The first-order valence-electron chi connectivity index (χ1n) is 9.50. The first-order valence-corrected chi connectivity index (χ1v) is 9.50. The van der Waals surface area contributed by atoms with E-state index in [1.165, 1.54) is 6.07 Å². The highest BCUT2D eigenvalue weighted by atomic mass is 19.1. The SMILES string of the molecule is NC(=O)c1nn(C2CC2)c2c1C=CC(c1ccccc1)(c1cccc(F)c1)C2. The molecule has 3 aromatic rings. The Hall–Kier alpha value is -3.21. The number of nitrogens with two attached hydrogens (primary N) is 1. The van der Waals surface area contributed by atoms with Crippen molar-refractivity contribution >= 4 is 12.0 Å². The summed E-state index contributed by atoms with van der Waals surface area (Å²) in [5, 5.41) is 4.54. The lowest BCUT2D eigenvalue weighted by molar-refractivity contribution is 0.0994. The van der Waals surface area contributed by atoms with E-state index in [0.717, 1.165) is 35.2 Å². The van der Waals surface area contributed by atoms with Crippen LogP contribution >= 0.6 is 0 Å². The minimum Gasteiger partial charge on any atom is -0.364 e. The molecule has 1 fully saturated rings. The smallest absolute Gasteiger partial charge is 0.269 e. The Bertz CT molecular complexity index is 1100. The number of primary amides is 1. The summed E-state index contributed by atoms with van der Waals surface area (Å²) in [4.78, 5) is 11.9. The lowest BCUT2D eigenvalue weighted by atomic mass is 9.68. The zero-order valence-electron chi connectivity index (χ0n) is 15.3. The van der Waals surface area contributed by atoms with Crippen molar-refractivity contribution in [3.63, 3.8) is 0 Å². The topological polar surface area (TPSA) is 60.9 Å². The van der Waals surface area contributed by atoms with Crippen molar-refractivity contribution in [3.8, 4) is 0 Å². The van der Waals surface area contributed by atoms with E-state index >= 15 is 0 Å². The summed E-state index contributed by atoms with van der Waals surface area (Å²) < 4.78 is 16.1. The lowest BCUT2D eigenvalue weighted by Crippen LogP contribution is -2.31. The molecule has 0 spiro atoms. The number of aromatic nitrogens is 2. The van der Waals surface area contributed by atoms with E-state index in [1.807, 2.05) is 35.0 Å².